The van der Waals surface area contributed by atoms with Crippen LogP contribution in [0.3, 0.4) is 0 Å². The molecule has 5 heteroatoms. The molecular weight excluding hydrogens is 260 g/mol. The van der Waals surface area contributed by atoms with Crippen LogP contribution in [0.4, 0.5) is 8.78 Å². The second kappa shape index (κ2) is 6.69. The van der Waals surface area contributed by atoms with Crippen LogP contribution in [0.25, 0.3) is 0 Å². The van der Waals surface area contributed by atoms with Gasteiger partial charge in [-0.1, -0.05) is 17.2 Å². The third-order valence-electron chi connectivity index (χ3n) is 2.47. The number of nitrogens with zero attached hydrogens (tertiary/aromatic N) is 1. The van der Waals surface area contributed by atoms with Gasteiger partial charge in [-0.15, -0.1) is 11.6 Å². The van der Waals surface area contributed by atoms with Crippen molar-refractivity contribution in [3.8, 4) is 0 Å². The number of halogens is 3. The number of hydrogen-bond acceptors (Lipinski definition) is 1. The molecule has 0 atom stereocenters. The van der Waals surface area contributed by atoms with Gasteiger partial charge in [-0.25, -0.2) is 8.78 Å². The van der Waals surface area contributed by atoms with Gasteiger partial charge in [0, 0.05) is 18.0 Å². The monoisotopic (exact) mass is 275 g/mol. The van der Waals surface area contributed by atoms with Crippen molar-refractivity contribution in [2.24, 2.45) is 0 Å². The fraction of sp³-hybridized carbons (Fsp3) is 0.462. The maximum atomic E-state index is 12.4. The number of carbonyl (C=O) groups excluding carboxylic acids is 1. The number of amides is 1. The topological polar surface area (TPSA) is 20.3 Å². The van der Waals surface area contributed by atoms with Crippen LogP contribution < -0.4 is 0 Å². The van der Waals surface area contributed by atoms with Gasteiger partial charge in [0.1, 0.15) is 0 Å². The van der Waals surface area contributed by atoms with Gasteiger partial charge in [-0.05, 0) is 26.0 Å². The summed E-state index contributed by atoms with van der Waals surface area (Å²) in [5.41, 5.74) is 2.29. The molecular formula is C13H16ClF2NO. The van der Waals surface area contributed by atoms with E-state index in [9.17, 15) is 13.6 Å². The van der Waals surface area contributed by atoms with E-state index in [1.54, 1.807) is 12.1 Å². The normalized spacial score (nSPS) is 10.8. The van der Waals surface area contributed by atoms with Crippen LogP contribution in [0, 0.1) is 13.8 Å². The van der Waals surface area contributed by atoms with Crippen molar-refractivity contribution in [3.63, 3.8) is 0 Å². The minimum Gasteiger partial charge on any atom is -0.332 e. The average Bonchev–Trinajstić information content (AvgIpc) is 2.25. The lowest BCUT2D eigenvalue weighted by atomic mass is 10.1. The van der Waals surface area contributed by atoms with Gasteiger partial charge in [0.05, 0.1) is 6.54 Å². The molecule has 1 amide bonds. The van der Waals surface area contributed by atoms with E-state index >= 15 is 0 Å². The number of hydrogen-bond donors (Lipinski definition) is 0. The van der Waals surface area contributed by atoms with Crippen molar-refractivity contribution in [3.05, 3.63) is 34.9 Å². The first-order valence-electron chi connectivity index (χ1n) is 5.65. The van der Waals surface area contributed by atoms with E-state index in [1.165, 1.54) is 0 Å². The average molecular weight is 276 g/mol. The van der Waals surface area contributed by atoms with Crippen molar-refractivity contribution in [2.45, 2.75) is 20.3 Å². The molecule has 0 radical (unpaired) electrons. The maximum absolute atomic E-state index is 12.4. The second-order valence-corrected chi connectivity index (χ2v) is 4.59. The standard InChI is InChI=1S/C13H16ClF2NO/c1-9-5-10(2)7-11(6-9)13(18)17(4-3-14)8-12(15)16/h5-7,12H,3-4,8H2,1-2H3. The molecule has 0 saturated heterocycles. The van der Waals surface area contributed by atoms with Crippen LogP contribution in [0.2, 0.25) is 0 Å². The SMILES string of the molecule is Cc1cc(C)cc(C(=O)N(CCCl)CC(F)F)c1. The summed E-state index contributed by atoms with van der Waals surface area (Å²) < 4.78 is 24.8. The minimum absolute atomic E-state index is 0.123. The quantitative estimate of drug-likeness (QED) is 0.756. The Morgan fingerprint density at radius 2 is 1.83 bits per heavy atom. The molecule has 18 heavy (non-hydrogen) atoms. The van der Waals surface area contributed by atoms with E-state index < -0.39 is 18.9 Å². The molecule has 0 N–H and O–H groups in total. The largest absolute Gasteiger partial charge is 0.332 e. The Hall–Kier alpha value is -1.16. The smallest absolute Gasteiger partial charge is 0.255 e. The Balaban J connectivity index is 2.93. The first-order valence-corrected chi connectivity index (χ1v) is 6.19. The van der Waals surface area contributed by atoms with Gasteiger partial charge < -0.3 is 4.90 Å². The number of benzene rings is 1. The molecule has 0 aliphatic carbocycles. The van der Waals surface area contributed by atoms with E-state index in [4.69, 9.17) is 11.6 Å². The molecule has 0 saturated carbocycles. The summed E-state index contributed by atoms with van der Waals surface area (Å²) in [6, 6.07) is 5.32. The van der Waals surface area contributed by atoms with Crippen molar-refractivity contribution in [1.29, 1.82) is 0 Å². The Bertz CT molecular complexity index is 403. The zero-order valence-electron chi connectivity index (χ0n) is 10.4. The molecule has 0 aliphatic heterocycles. The highest BCUT2D eigenvalue weighted by Gasteiger charge is 2.19. The van der Waals surface area contributed by atoms with E-state index in [0.29, 0.717) is 5.56 Å². The molecule has 0 fully saturated rings. The zero-order chi connectivity index (χ0) is 13.7. The van der Waals surface area contributed by atoms with E-state index in [1.807, 2.05) is 19.9 Å². The van der Waals surface area contributed by atoms with Crippen molar-refractivity contribution in [1.82, 2.24) is 4.90 Å². The van der Waals surface area contributed by atoms with Gasteiger partial charge in [-0.2, -0.15) is 0 Å². The first kappa shape index (κ1) is 14.9. The molecule has 100 valence electrons. The van der Waals surface area contributed by atoms with Crippen molar-refractivity contribution >= 4 is 17.5 Å². The van der Waals surface area contributed by atoms with Crippen LogP contribution in [0.5, 0.6) is 0 Å². The lowest BCUT2D eigenvalue weighted by Crippen LogP contribution is -2.36. The molecule has 0 bridgehead atoms. The fourth-order valence-corrected chi connectivity index (χ4v) is 2.03. The van der Waals surface area contributed by atoms with E-state index in [0.717, 1.165) is 16.0 Å². The lowest BCUT2D eigenvalue weighted by Gasteiger charge is -2.21. The summed E-state index contributed by atoms with van der Waals surface area (Å²) in [6.45, 7) is 3.27. The molecule has 0 unspecified atom stereocenters. The summed E-state index contributed by atoms with van der Waals surface area (Å²) in [6.07, 6.45) is -2.55. The molecule has 1 rings (SSSR count). The zero-order valence-corrected chi connectivity index (χ0v) is 11.2. The van der Waals surface area contributed by atoms with Gasteiger partial charge in [0.2, 0.25) is 0 Å². The van der Waals surface area contributed by atoms with Crippen LogP contribution in [0.15, 0.2) is 18.2 Å². The number of alkyl halides is 3. The molecule has 0 spiro atoms. The first-order chi connectivity index (χ1) is 8.43. The summed E-state index contributed by atoms with van der Waals surface area (Å²) in [4.78, 5) is 13.2. The Kier molecular flexibility index (Phi) is 5.54. The molecule has 0 heterocycles. The van der Waals surface area contributed by atoms with E-state index in [-0.39, 0.29) is 12.4 Å². The third-order valence-corrected chi connectivity index (χ3v) is 2.64. The predicted molar refractivity (Wildman–Crippen MR) is 68.5 cm³/mol. The van der Waals surface area contributed by atoms with Gasteiger partial charge in [-0.3, -0.25) is 4.79 Å². The molecule has 1 aromatic carbocycles. The third kappa shape index (κ3) is 4.26. The Morgan fingerprint density at radius 1 is 1.28 bits per heavy atom. The highest BCUT2D eigenvalue weighted by atomic mass is 35.5. The Morgan fingerprint density at radius 3 is 2.28 bits per heavy atom. The molecule has 2 nitrogen and oxygen atoms in total. The van der Waals surface area contributed by atoms with Gasteiger partial charge in [0.25, 0.3) is 12.3 Å². The molecule has 0 aliphatic rings. The van der Waals surface area contributed by atoms with Gasteiger partial charge in [0.15, 0.2) is 0 Å². The summed E-state index contributed by atoms with van der Waals surface area (Å²) in [5, 5.41) is 0. The summed E-state index contributed by atoms with van der Waals surface area (Å²) >= 11 is 5.54. The van der Waals surface area contributed by atoms with Crippen LogP contribution >= 0.6 is 11.6 Å². The van der Waals surface area contributed by atoms with Crippen LogP contribution in [-0.4, -0.2) is 36.2 Å². The number of carbonyl (C=O) groups is 1. The highest BCUT2D eigenvalue weighted by Crippen LogP contribution is 2.12. The fourth-order valence-electron chi connectivity index (χ4n) is 1.83. The molecule has 1 aromatic rings. The second-order valence-electron chi connectivity index (χ2n) is 4.21. The number of rotatable bonds is 5. The predicted octanol–water partition coefficient (Wildman–Crippen LogP) is 3.25. The highest BCUT2D eigenvalue weighted by molar-refractivity contribution is 6.18. The molecule has 0 aromatic heterocycles. The van der Waals surface area contributed by atoms with Gasteiger partial charge >= 0.3 is 0 Å². The summed E-state index contributed by atoms with van der Waals surface area (Å²) in [7, 11) is 0. The Labute approximate surface area is 111 Å². The minimum atomic E-state index is -2.55. The maximum Gasteiger partial charge on any atom is 0.255 e. The number of aryl methyl sites for hydroxylation is 2. The van der Waals surface area contributed by atoms with E-state index in [2.05, 4.69) is 0 Å². The summed E-state index contributed by atoms with van der Waals surface area (Å²) in [5.74, 6) is -0.258. The lowest BCUT2D eigenvalue weighted by molar-refractivity contribution is 0.0571. The van der Waals surface area contributed by atoms with Crippen LogP contribution in [0.1, 0.15) is 21.5 Å². The van der Waals surface area contributed by atoms with Crippen molar-refractivity contribution in [2.75, 3.05) is 19.0 Å². The van der Waals surface area contributed by atoms with Crippen molar-refractivity contribution < 1.29 is 13.6 Å². The van der Waals surface area contributed by atoms with Crippen LogP contribution in [-0.2, 0) is 0 Å².